The minimum atomic E-state index is -0.503. The SMILES string of the molecule is COc1ccc(C2(C(=O)NCCCc3ccccc3)CCOCC2)cc1. The van der Waals surface area contributed by atoms with Gasteiger partial charge in [0.15, 0.2) is 0 Å². The van der Waals surface area contributed by atoms with Gasteiger partial charge in [0.2, 0.25) is 5.91 Å². The summed E-state index contributed by atoms with van der Waals surface area (Å²) in [4.78, 5) is 13.1. The summed E-state index contributed by atoms with van der Waals surface area (Å²) in [5, 5.41) is 3.16. The van der Waals surface area contributed by atoms with Gasteiger partial charge in [0.1, 0.15) is 5.75 Å². The first kappa shape index (κ1) is 18.5. The molecule has 0 aliphatic carbocycles. The predicted octanol–water partition coefficient (Wildman–Crippen LogP) is 3.49. The first-order valence-corrected chi connectivity index (χ1v) is 9.29. The molecular weight excluding hydrogens is 326 g/mol. The van der Waals surface area contributed by atoms with Gasteiger partial charge < -0.3 is 14.8 Å². The Hall–Kier alpha value is -2.33. The number of nitrogens with one attached hydrogen (secondary N) is 1. The van der Waals surface area contributed by atoms with Gasteiger partial charge >= 0.3 is 0 Å². The highest BCUT2D eigenvalue weighted by Crippen LogP contribution is 2.36. The molecule has 1 aliphatic rings. The quantitative estimate of drug-likeness (QED) is 0.775. The summed E-state index contributed by atoms with van der Waals surface area (Å²) in [6, 6.07) is 18.2. The van der Waals surface area contributed by atoms with Gasteiger partial charge in [-0.15, -0.1) is 0 Å². The Bertz CT molecular complexity index is 691. The van der Waals surface area contributed by atoms with Gasteiger partial charge in [0.25, 0.3) is 0 Å². The molecular formula is C22H27NO3. The average molecular weight is 353 g/mol. The Morgan fingerprint density at radius 2 is 1.77 bits per heavy atom. The third-order valence-corrected chi connectivity index (χ3v) is 5.19. The third kappa shape index (κ3) is 4.25. The Balaban J connectivity index is 1.63. The van der Waals surface area contributed by atoms with Crippen molar-refractivity contribution in [3.8, 4) is 5.75 Å². The van der Waals surface area contributed by atoms with Crippen LogP contribution in [0.2, 0.25) is 0 Å². The topological polar surface area (TPSA) is 47.6 Å². The van der Waals surface area contributed by atoms with Crippen LogP contribution in [0.4, 0.5) is 0 Å². The highest BCUT2D eigenvalue weighted by Gasteiger charge is 2.41. The molecule has 3 rings (SSSR count). The molecule has 1 saturated heterocycles. The van der Waals surface area contributed by atoms with Crippen molar-refractivity contribution in [3.63, 3.8) is 0 Å². The first-order valence-electron chi connectivity index (χ1n) is 9.29. The highest BCUT2D eigenvalue weighted by atomic mass is 16.5. The standard InChI is InChI=1S/C22H27NO3/c1-25-20-11-9-19(10-12-20)22(13-16-26-17-14-22)21(24)23-15-5-8-18-6-3-2-4-7-18/h2-4,6-7,9-12H,5,8,13-17H2,1H3,(H,23,24). The van der Waals surface area contributed by atoms with Gasteiger partial charge in [0.05, 0.1) is 12.5 Å². The van der Waals surface area contributed by atoms with Crippen LogP contribution in [0.15, 0.2) is 54.6 Å². The van der Waals surface area contributed by atoms with Crippen LogP contribution < -0.4 is 10.1 Å². The van der Waals surface area contributed by atoms with Crippen molar-refractivity contribution in [1.82, 2.24) is 5.32 Å². The fourth-order valence-electron chi connectivity index (χ4n) is 3.59. The molecule has 2 aromatic rings. The maximum atomic E-state index is 13.1. The molecule has 0 bridgehead atoms. The second-order valence-corrected chi connectivity index (χ2v) is 6.77. The van der Waals surface area contributed by atoms with E-state index < -0.39 is 5.41 Å². The number of hydrogen-bond donors (Lipinski definition) is 1. The molecule has 138 valence electrons. The number of hydrogen-bond acceptors (Lipinski definition) is 3. The molecule has 4 nitrogen and oxygen atoms in total. The van der Waals surface area contributed by atoms with Crippen molar-refractivity contribution in [2.75, 3.05) is 26.9 Å². The number of rotatable bonds is 7. The number of benzene rings is 2. The molecule has 1 heterocycles. The van der Waals surface area contributed by atoms with Crippen LogP contribution in [0.1, 0.15) is 30.4 Å². The Morgan fingerprint density at radius 1 is 1.08 bits per heavy atom. The van der Waals surface area contributed by atoms with Crippen LogP contribution in [0.3, 0.4) is 0 Å². The number of methoxy groups -OCH3 is 1. The van der Waals surface area contributed by atoms with Crippen molar-refractivity contribution in [2.45, 2.75) is 31.1 Å². The maximum Gasteiger partial charge on any atom is 0.230 e. The Kier molecular flexibility index (Phi) is 6.29. The van der Waals surface area contributed by atoms with Crippen LogP contribution in [0.25, 0.3) is 0 Å². The van der Waals surface area contributed by atoms with E-state index in [9.17, 15) is 4.79 Å². The molecule has 0 radical (unpaired) electrons. The predicted molar refractivity (Wildman–Crippen MR) is 102 cm³/mol. The molecule has 0 atom stereocenters. The molecule has 4 heteroatoms. The summed E-state index contributed by atoms with van der Waals surface area (Å²) < 4.78 is 10.8. The first-order chi connectivity index (χ1) is 12.7. The molecule has 0 aromatic heterocycles. The van der Waals surface area contributed by atoms with Crippen LogP contribution >= 0.6 is 0 Å². The molecule has 1 amide bonds. The number of amides is 1. The lowest BCUT2D eigenvalue weighted by atomic mass is 9.73. The molecule has 1 N–H and O–H groups in total. The normalized spacial score (nSPS) is 16.0. The number of carbonyl (C=O) groups is 1. The summed E-state index contributed by atoms with van der Waals surface area (Å²) in [7, 11) is 1.65. The van der Waals surface area contributed by atoms with E-state index >= 15 is 0 Å². The molecule has 26 heavy (non-hydrogen) atoms. The lowest BCUT2D eigenvalue weighted by Gasteiger charge is -2.36. The van der Waals surface area contributed by atoms with E-state index in [1.54, 1.807) is 7.11 Å². The van der Waals surface area contributed by atoms with Crippen molar-refractivity contribution in [3.05, 3.63) is 65.7 Å². The van der Waals surface area contributed by atoms with E-state index in [0.29, 0.717) is 32.6 Å². The van der Waals surface area contributed by atoms with Crippen molar-refractivity contribution in [1.29, 1.82) is 0 Å². The van der Waals surface area contributed by atoms with E-state index in [1.807, 2.05) is 30.3 Å². The summed E-state index contributed by atoms with van der Waals surface area (Å²) in [5.41, 5.74) is 1.84. The highest BCUT2D eigenvalue weighted by molar-refractivity contribution is 5.88. The van der Waals surface area contributed by atoms with Gasteiger partial charge in [0, 0.05) is 19.8 Å². The second kappa shape index (κ2) is 8.86. The minimum Gasteiger partial charge on any atom is -0.497 e. The van der Waals surface area contributed by atoms with E-state index in [2.05, 4.69) is 29.6 Å². The van der Waals surface area contributed by atoms with E-state index in [0.717, 1.165) is 24.2 Å². The minimum absolute atomic E-state index is 0.110. The van der Waals surface area contributed by atoms with Crippen molar-refractivity contribution < 1.29 is 14.3 Å². The lowest BCUT2D eigenvalue weighted by molar-refractivity contribution is -0.130. The van der Waals surface area contributed by atoms with E-state index in [-0.39, 0.29) is 5.91 Å². The maximum absolute atomic E-state index is 13.1. The fourth-order valence-corrected chi connectivity index (χ4v) is 3.59. The second-order valence-electron chi connectivity index (χ2n) is 6.77. The van der Waals surface area contributed by atoms with Crippen LogP contribution in [0, 0.1) is 0 Å². The molecule has 0 saturated carbocycles. The zero-order valence-electron chi connectivity index (χ0n) is 15.4. The van der Waals surface area contributed by atoms with Gasteiger partial charge in [-0.25, -0.2) is 0 Å². The Morgan fingerprint density at radius 3 is 2.42 bits per heavy atom. The number of ether oxygens (including phenoxy) is 2. The molecule has 1 fully saturated rings. The fraction of sp³-hybridized carbons (Fsp3) is 0.409. The molecule has 1 aliphatic heterocycles. The van der Waals surface area contributed by atoms with Gasteiger partial charge in [-0.05, 0) is 48.9 Å². The largest absolute Gasteiger partial charge is 0.497 e. The van der Waals surface area contributed by atoms with Gasteiger partial charge in [-0.1, -0.05) is 42.5 Å². The summed E-state index contributed by atoms with van der Waals surface area (Å²) in [5.74, 6) is 0.915. The van der Waals surface area contributed by atoms with Gasteiger partial charge in [-0.2, -0.15) is 0 Å². The molecule has 2 aromatic carbocycles. The zero-order chi connectivity index (χ0) is 18.2. The smallest absolute Gasteiger partial charge is 0.230 e. The monoisotopic (exact) mass is 353 g/mol. The van der Waals surface area contributed by atoms with Crippen molar-refractivity contribution in [2.24, 2.45) is 0 Å². The van der Waals surface area contributed by atoms with E-state index in [4.69, 9.17) is 9.47 Å². The van der Waals surface area contributed by atoms with Crippen LogP contribution in [0.5, 0.6) is 5.75 Å². The Labute approximate surface area is 155 Å². The number of carbonyl (C=O) groups excluding carboxylic acids is 1. The summed E-state index contributed by atoms with van der Waals surface area (Å²) in [6.07, 6.45) is 3.33. The summed E-state index contributed by atoms with van der Waals surface area (Å²) in [6.45, 7) is 1.92. The zero-order valence-corrected chi connectivity index (χ0v) is 15.4. The average Bonchev–Trinajstić information content (AvgIpc) is 2.72. The van der Waals surface area contributed by atoms with Crippen molar-refractivity contribution >= 4 is 5.91 Å². The summed E-state index contributed by atoms with van der Waals surface area (Å²) >= 11 is 0. The molecule has 0 unspecified atom stereocenters. The lowest BCUT2D eigenvalue weighted by Crippen LogP contribution is -2.48. The van der Waals surface area contributed by atoms with Gasteiger partial charge in [-0.3, -0.25) is 4.79 Å². The van der Waals surface area contributed by atoms with Crippen LogP contribution in [-0.2, 0) is 21.4 Å². The number of aryl methyl sites for hydroxylation is 1. The van der Waals surface area contributed by atoms with Crippen LogP contribution in [-0.4, -0.2) is 32.8 Å². The van der Waals surface area contributed by atoms with E-state index in [1.165, 1.54) is 5.56 Å². The molecule has 0 spiro atoms. The third-order valence-electron chi connectivity index (χ3n) is 5.19.